The fourth-order valence-electron chi connectivity index (χ4n) is 3.34. The number of carbonyl (C=O) groups excluding carboxylic acids is 1. The predicted octanol–water partition coefficient (Wildman–Crippen LogP) is 1.47. The maximum Gasteiger partial charge on any atom is 0.145 e. The zero-order valence-electron chi connectivity index (χ0n) is 9.08. The Balaban J connectivity index is 1.79. The second-order valence-corrected chi connectivity index (χ2v) is 5.09. The zero-order valence-corrected chi connectivity index (χ0v) is 9.08. The number of hydrogen-bond acceptors (Lipinski definition) is 3. The molecule has 2 aliphatic heterocycles. The van der Waals surface area contributed by atoms with Gasteiger partial charge in [-0.2, -0.15) is 0 Å². The van der Waals surface area contributed by atoms with Crippen molar-refractivity contribution in [2.45, 2.75) is 50.9 Å². The number of Topliss-reactive ketones (excluding diaryl/α,β-unsaturated/α-hetero) is 1. The Kier molecular flexibility index (Phi) is 2.53. The van der Waals surface area contributed by atoms with E-state index in [4.69, 9.17) is 4.74 Å². The SMILES string of the molecule is O=C1C2CCCCC2OC2NCCCC12. The Labute approximate surface area is 90.6 Å². The molecular weight excluding hydrogens is 190 g/mol. The average molecular weight is 209 g/mol. The van der Waals surface area contributed by atoms with Crippen molar-refractivity contribution in [3.8, 4) is 0 Å². The first kappa shape index (κ1) is 9.79. The summed E-state index contributed by atoms with van der Waals surface area (Å²) in [5.41, 5.74) is 0. The lowest BCUT2D eigenvalue weighted by Gasteiger charge is -2.44. The minimum Gasteiger partial charge on any atom is -0.359 e. The van der Waals surface area contributed by atoms with Gasteiger partial charge in [0.2, 0.25) is 0 Å². The van der Waals surface area contributed by atoms with E-state index in [0.717, 1.165) is 32.2 Å². The molecule has 0 radical (unpaired) electrons. The topological polar surface area (TPSA) is 38.3 Å². The number of piperidine rings is 1. The normalized spacial score (nSPS) is 45.7. The van der Waals surface area contributed by atoms with Crippen LogP contribution in [0.5, 0.6) is 0 Å². The first-order valence-electron chi connectivity index (χ1n) is 6.29. The minimum absolute atomic E-state index is 0.0330. The third-order valence-corrected chi connectivity index (χ3v) is 4.16. The van der Waals surface area contributed by atoms with Gasteiger partial charge in [0, 0.05) is 5.92 Å². The monoisotopic (exact) mass is 209 g/mol. The molecule has 0 aromatic heterocycles. The van der Waals surface area contributed by atoms with Gasteiger partial charge in [-0.1, -0.05) is 12.8 Å². The van der Waals surface area contributed by atoms with E-state index in [1.165, 1.54) is 12.8 Å². The molecule has 3 nitrogen and oxygen atoms in total. The lowest BCUT2D eigenvalue weighted by Crippen LogP contribution is -2.56. The van der Waals surface area contributed by atoms with Crippen LogP contribution in [-0.4, -0.2) is 24.7 Å². The molecule has 2 heterocycles. The fourth-order valence-corrected chi connectivity index (χ4v) is 3.34. The van der Waals surface area contributed by atoms with Gasteiger partial charge < -0.3 is 4.74 Å². The molecule has 4 unspecified atom stereocenters. The highest BCUT2D eigenvalue weighted by molar-refractivity contribution is 5.85. The molecular formula is C12H19NO2. The van der Waals surface area contributed by atoms with Gasteiger partial charge in [0.25, 0.3) is 0 Å². The van der Waals surface area contributed by atoms with Crippen LogP contribution in [0.25, 0.3) is 0 Å². The fraction of sp³-hybridized carbons (Fsp3) is 0.917. The molecule has 1 saturated carbocycles. The molecule has 15 heavy (non-hydrogen) atoms. The van der Waals surface area contributed by atoms with Crippen molar-refractivity contribution in [2.24, 2.45) is 11.8 Å². The molecule has 0 amide bonds. The summed E-state index contributed by atoms with van der Waals surface area (Å²) in [4.78, 5) is 12.3. The molecule has 0 bridgehead atoms. The number of carbonyl (C=O) groups is 1. The second kappa shape index (κ2) is 3.87. The summed E-state index contributed by atoms with van der Waals surface area (Å²) in [6.45, 7) is 1.01. The number of fused-ring (bicyclic) bond motifs is 2. The van der Waals surface area contributed by atoms with Crippen molar-refractivity contribution in [3.63, 3.8) is 0 Å². The Bertz CT molecular complexity index is 242. The van der Waals surface area contributed by atoms with Crippen LogP contribution in [0.4, 0.5) is 0 Å². The highest BCUT2D eigenvalue weighted by atomic mass is 16.5. The van der Waals surface area contributed by atoms with Gasteiger partial charge in [-0.25, -0.2) is 0 Å². The van der Waals surface area contributed by atoms with Gasteiger partial charge in [0.05, 0.1) is 12.0 Å². The van der Waals surface area contributed by atoms with Crippen LogP contribution in [0.3, 0.4) is 0 Å². The van der Waals surface area contributed by atoms with E-state index in [1.54, 1.807) is 0 Å². The highest BCUT2D eigenvalue weighted by Crippen LogP contribution is 2.38. The maximum absolute atomic E-state index is 12.3. The van der Waals surface area contributed by atoms with Crippen LogP contribution in [0.15, 0.2) is 0 Å². The quantitative estimate of drug-likeness (QED) is 0.656. The molecule has 1 N–H and O–H groups in total. The van der Waals surface area contributed by atoms with E-state index < -0.39 is 0 Å². The first-order valence-corrected chi connectivity index (χ1v) is 6.29. The third-order valence-electron chi connectivity index (χ3n) is 4.16. The van der Waals surface area contributed by atoms with E-state index in [1.807, 2.05) is 0 Å². The maximum atomic E-state index is 12.3. The van der Waals surface area contributed by atoms with Gasteiger partial charge in [0.15, 0.2) is 0 Å². The molecule has 1 aliphatic carbocycles. The number of hydrogen-bond donors (Lipinski definition) is 1. The van der Waals surface area contributed by atoms with Gasteiger partial charge in [0.1, 0.15) is 12.0 Å². The summed E-state index contributed by atoms with van der Waals surface area (Å²) in [7, 11) is 0. The van der Waals surface area contributed by atoms with Gasteiger partial charge in [-0.3, -0.25) is 10.1 Å². The van der Waals surface area contributed by atoms with Gasteiger partial charge in [-0.15, -0.1) is 0 Å². The molecule has 2 saturated heterocycles. The largest absolute Gasteiger partial charge is 0.359 e. The smallest absolute Gasteiger partial charge is 0.145 e. The van der Waals surface area contributed by atoms with E-state index in [-0.39, 0.29) is 24.2 Å². The standard InChI is InChI=1S/C12H19NO2/c14-11-8-4-1-2-6-10(8)15-12-9(11)5-3-7-13-12/h8-10,12-13H,1-7H2. The summed E-state index contributed by atoms with van der Waals surface area (Å²) in [5, 5.41) is 3.34. The Morgan fingerprint density at radius 3 is 2.80 bits per heavy atom. The lowest BCUT2D eigenvalue weighted by molar-refractivity contribution is -0.172. The molecule has 3 heteroatoms. The molecule has 0 aromatic rings. The summed E-state index contributed by atoms with van der Waals surface area (Å²) >= 11 is 0. The van der Waals surface area contributed by atoms with E-state index in [0.29, 0.717) is 5.78 Å². The Morgan fingerprint density at radius 1 is 1.07 bits per heavy atom. The van der Waals surface area contributed by atoms with Gasteiger partial charge >= 0.3 is 0 Å². The van der Waals surface area contributed by atoms with Crippen LogP contribution in [-0.2, 0) is 9.53 Å². The molecule has 84 valence electrons. The lowest BCUT2D eigenvalue weighted by atomic mass is 9.75. The van der Waals surface area contributed by atoms with Crippen molar-refractivity contribution in [2.75, 3.05) is 6.54 Å². The summed E-state index contributed by atoms with van der Waals surface area (Å²) in [6.07, 6.45) is 6.98. The number of nitrogens with one attached hydrogen (secondary N) is 1. The van der Waals surface area contributed by atoms with Gasteiger partial charge in [-0.05, 0) is 32.2 Å². The molecule has 3 rings (SSSR count). The molecule has 0 spiro atoms. The van der Waals surface area contributed by atoms with E-state index >= 15 is 0 Å². The van der Waals surface area contributed by atoms with Crippen molar-refractivity contribution in [1.29, 1.82) is 0 Å². The first-order chi connectivity index (χ1) is 7.36. The Morgan fingerprint density at radius 2 is 1.87 bits per heavy atom. The average Bonchev–Trinajstić information content (AvgIpc) is 2.30. The Hall–Kier alpha value is -0.410. The summed E-state index contributed by atoms with van der Waals surface area (Å²) in [6, 6.07) is 0. The highest BCUT2D eigenvalue weighted by Gasteiger charge is 2.45. The van der Waals surface area contributed by atoms with Crippen LogP contribution >= 0.6 is 0 Å². The van der Waals surface area contributed by atoms with Crippen LogP contribution in [0.1, 0.15) is 38.5 Å². The van der Waals surface area contributed by atoms with Crippen molar-refractivity contribution >= 4 is 5.78 Å². The van der Waals surface area contributed by atoms with E-state index in [9.17, 15) is 4.79 Å². The number of rotatable bonds is 0. The minimum atomic E-state index is 0.0330. The zero-order chi connectivity index (χ0) is 10.3. The van der Waals surface area contributed by atoms with Crippen LogP contribution in [0, 0.1) is 11.8 Å². The number of ketones is 1. The molecule has 4 atom stereocenters. The molecule has 0 aromatic carbocycles. The van der Waals surface area contributed by atoms with Crippen LogP contribution in [0.2, 0.25) is 0 Å². The predicted molar refractivity (Wildman–Crippen MR) is 56.4 cm³/mol. The summed E-state index contributed by atoms with van der Waals surface area (Å²) in [5.74, 6) is 0.862. The molecule has 3 aliphatic rings. The second-order valence-electron chi connectivity index (χ2n) is 5.09. The van der Waals surface area contributed by atoms with Crippen molar-refractivity contribution in [1.82, 2.24) is 5.32 Å². The van der Waals surface area contributed by atoms with Crippen molar-refractivity contribution < 1.29 is 9.53 Å². The van der Waals surface area contributed by atoms with E-state index in [2.05, 4.69) is 5.32 Å². The summed E-state index contributed by atoms with van der Waals surface area (Å²) < 4.78 is 6.03. The third kappa shape index (κ3) is 1.62. The van der Waals surface area contributed by atoms with Crippen LogP contribution < -0.4 is 5.32 Å². The molecule has 3 fully saturated rings. The van der Waals surface area contributed by atoms with Crippen molar-refractivity contribution in [3.05, 3.63) is 0 Å². The number of ether oxygens (including phenoxy) is 1.